The van der Waals surface area contributed by atoms with Gasteiger partial charge >= 0.3 is 6.16 Å². The zero-order valence-corrected chi connectivity index (χ0v) is 11.6. The Morgan fingerprint density at radius 1 is 1.50 bits per heavy atom. The van der Waals surface area contributed by atoms with Gasteiger partial charge in [-0.2, -0.15) is 0 Å². The van der Waals surface area contributed by atoms with Crippen molar-refractivity contribution in [3.05, 3.63) is 44.6 Å². The highest BCUT2D eigenvalue weighted by Gasteiger charge is 2.12. The van der Waals surface area contributed by atoms with Gasteiger partial charge in [-0.05, 0) is 11.4 Å². The minimum atomic E-state index is -1.41. The third-order valence-corrected chi connectivity index (χ3v) is 4.32. The van der Waals surface area contributed by atoms with Gasteiger partial charge in [0.25, 0.3) is 5.56 Å². The first-order chi connectivity index (χ1) is 9.61. The van der Waals surface area contributed by atoms with Crippen molar-refractivity contribution in [2.75, 3.05) is 0 Å². The van der Waals surface area contributed by atoms with Gasteiger partial charge in [0.15, 0.2) is 5.06 Å². The lowest BCUT2D eigenvalue weighted by molar-refractivity contribution is 0.146. The molecule has 3 rings (SSSR count). The van der Waals surface area contributed by atoms with Crippen molar-refractivity contribution in [3.8, 4) is 5.06 Å². The summed E-state index contributed by atoms with van der Waals surface area (Å²) in [4.78, 5) is 31.0. The SMILES string of the molecule is O=C(O)Oc1cc2c(=O)[nH]c(Cc3cccs3)nc2s1. The van der Waals surface area contributed by atoms with Crippen LogP contribution in [0.2, 0.25) is 0 Å². The number of fused-ring (bicyclic) bond motifs is 1. The van der Waals surface area contributed by atoms with Gasteiger partial charge in [-0.15, -0.1) is 11.3 Å². The van der Waals surface area contributed by atoms with Crippen LogP contribution >= 0.6 is 22.7 Å². The Balaban J connectivity index is 2.00. The second kappa shape index (κ2) is 5.06. The molecule has 0 aromatic carbocycles. The van der Waals surface area contributed by atoms with E-state index in [9.17, 15) is 9.59 Å². The van der Waals surface area contributed by atoms with E-state index >= 15 is 0 Å². The first-order valence-corrected chi connectivity index (χ1v) is 7.27. The minimum absolute atomic E-state index is 0.138. The highest BCUT2D eigenvalue weighted by molar-refractivity contribution is 7.20. The molecule has 0 radical (unpaired) electrons. The number of hydrogen-bond donors (Lipinski definition) is 2. The Hall–Kier alpha value is -2.19. The summed E-state index contributed by atoms with van der Waals surface area (Å²) in [6.07, 6.45) is -0.873. The molecule has 0 saturated heterocycles. The molecule has 3 aromatic rings. The van der Waals surface area contributed by atoms with Crippen molar-refractivity contribution in [1.82, 2.24) is 9.97 Å². The summed E-state index contributed by atoms with van der Waals surface area (Å²) in [5.74, 6) is 0.550. The van der Waals surface area contributed by atoms with E-state index < -0.39 is 6.16 Å². The molecule has 0 saturated carbocycles. The van der Waals surface area contributed by atoms with Gasteiger partial charge in [0.05, 0.1) is 5.39 Å². The number of nitrogens with zero attached hydrogens (tertiary/aromatic N) is 1. The Labute approximate surface area is 120 Å². The molecule has 102 valence electrons. The maximum atomic E-state index is 11.9. The van der Waals surface area contributed by atoms with Crippen LogP contribution in [0.5, 0.6) is 5.06 Å². The van der Waals surface area contributed by atoms with Crippen molar-refractivity contribution < 1.29 is 14.6 Å². The van der Waals surface area contributed by atoms with Crippen molar-refractivity contribution in [1.29, 1.82) is 0 Å². The molecule has 0 spiro atoms. The molecule has 0 fully saturated rings. The third kappa shape index (κ3) is 2.56. The number of carbonyl (C=O) groups is 1. The van der Waals surface area contributed by atoms with Crippen LogP contribution < -0.4 is 10.3 Å². The number of ether oxygens (including phenoxy) is 1. The highest BCUT2D eigenvalue weighted by Crippen LogP contribution is 2.28. The summed E-state index contributed by atoms with van der Waals surface area (Å²) in [6.45, 7) is 0. The second-order valence-corrected chi connectivity index (χ2v) is 5.95. The number of carboxylic acid groups (broad SMARTS) is 1. The standard InChI is InChI=1S/C12H8N2O4S2/c15-10-7-5-9(18-12(16)17)20-11(7)14-8(13-10)4-6-2-1-3-19-6/h1-3,5H,4H2,(H,16,17)(H,13,14,15). The summed E-state index contributed by atoms with van der Waals surface area (Å²) in [5.41, 5.74) is -0.293. The zero-order chi connectivity index (χ0) is 14.1. The van der Waals surface area contributed by atoms with E-state index in [-0.39, 0.29) is 10.6 Å². The lowest BCUT2D eigenvalue weighted by Crippen LogP contribution is -2.10. The molecule has 0 atom stereocenters. The summed E-state index contributed by atoms with van der Waals surface area (Å²) < 4.78 is 4.54. The maximum Gasteiger partial charge on any atom is 0.512 e. The van der Waals surface area contributed by atoms with Gasteiger partial charge in [-0.3, -0.25) is 4.79 Å². The van der Waals surface area contributed by atoms with Crippen LogP contribution in [0.1, 0.15) is 10.7 Å². The molecule has 0 unspecified atom stereocenters. The fourth-order valence-corrected chi connectivity index (χ4v) is 3.36. The molecule has 6 nitrogen and oxygen atoms in total. The molecular formula is C12H8N2O4S2. The summed E-state index contributed by atoms with van der Waals surface area (Å²) >= 11 is 2.62. The molecule has 3 heterocycles. The largest absolute Gasteiger partial charge is 0.512 e. The molecule has 3 aromatic heterocycles. The van der Waals surface area contributed by atoms with Crippen molar-refractivity contribution in [3.63, 3.8) is 0 Å². The predicted molar refractivity (Wildman–Crippen MR) is 76.0 cm³/mol. The normalized spacial score (nSPS) is 10.8. The van der Waals surface area contributed by atoms with Gasteiger partial charge in [0.2, 0.25) is 0 Å². The molecule has 0 aliphatic carbocycles. The van der Waals surface area contributed by atoms with Crippen molar-refractivity contribution in [2.24, 2.45) is 0 Å². The lowest BCUT2D eigenvalue weighted by Gasteiger charge is -1.97. The van der Waals surface area contributed by atoms with E-state index in [2.05, 4.69) is 14.7 Å². The van der Waals surface area contributed by atoms with Crippen molar-refractivity contribution in [2.45, 2.75) is 6.42 Å². The van der Waals surface area contributed by atoms with Crippen LogP contribution in [0.15, 0.2) is 28.4 Å². The van der Waals surface area contributed by atoms with Crippen molar-refractivity contribution >= 4 is 39.0 Å². The average molecular weight is 308 g/mol. The molecular weight excluding hydrogens is 300 g/mol. The second-order valence-electron chi connectivity index (χ2n) is 3.92. The van der Waals surface area contributed by atoms with Crippen LogP contribution in [0.3, 0.4) is 0 Å². The summed E-state index contributed by atoms with van der Waals surface area (Å²) in [7, 11) is 0. The molecule has 20 heavy (non-hydrogen) atoms. The van der Waals surface area contributed by atoms with Gasteiger partial charge in [0.1, 0.15) is 10.7 Å². The van der Waals surface area contributed by atoms with E-state index in [1.807, 2.05) is 17.5 Å². The zero-order valence-electron chi connectivity index (χ0n) is 9.95. The van der Waals surface area contributed by atoms with E-state index in [1.54, 1.807) is 11.3 Å². The number of aromatic nitrogens is 2. The van der Waals surface area contributed by atoms with E-state index in [1.165, 1.54) is 6.07 Å². The number of rotatable bonds is 3. The Morgan fingerprint density at radius 2 is 2.35 bits per heavy atom. The number of H-pyrrole nitrogens is 1. The Bertz CT molecular complexity index is 820. The number of hydrogen-bond acceptors (Lipinski definition) is 6. The topological polar surface area (TPSA) is 92.3 Å². The van der Waals surface area contributed by atoms with E-state index in [4.69, 9.17) is 5.11 Å². The van der Waals surface area contributed by atoms with Crippen LogP contribution in [0, 0.1) is 0 Å². The van der Waals surface area contributed by atoms with Gasteiger partial charge in [-0.25, -0.2) is 9.78 Å². The van der Waals surface area contributed by atoms with Gasteiger partial charge < -0.3 is 14.8 Å². The molecule has 8 heteroatoms. The van der Waals surface area contributed by atoms with Crippen LogP contribution in [-0.4, -0.2) is 21.2 Å². The summed E-state index contributed by atoms with van der Waals surface area (Å²) in [5, 5.41) is 11.0. The van der Waals surface area contributed by atoms with Crippen LogP contribution in [0.25, 0.3) is 10.2 Å². The van der Waals surface area contributed by atoms with E-state index in [0.29, 0.717) is 22.5 Å². The molecule has 0 aliphatic heterocycles. The Morgan fingerprint density at radius 3 is 3.05 bits per heavy atom. The van der Waals surface area contributed by atoms with Crippen LogP contribution in [-0.2, 0) is 6.42 Å². The monoisotopic (exact) mass is 308 g/mol. The van der Waals surface area contributed by atoms with Crippen LogP contribution in [0.4, 0.5) is 4.79 Å². The van der Waals surface area contributed by atoms with Gasteiger partial charge in [0, 0.05) is 17.4 Å². The smallest absolute Gasteiger partial charge is 0.449 e. The predicted octanol–water partition coefficient (Wildman–Crippen LogP) is 2.69. The molecule has 0 amide bonds. The highest BCUT2D eigenvalue weighted by atomic mass is 32.1. The summed E-state index contributed by atoms with van der Waals surface area (Å²) in [6, 6.07) is 5.28. The van der Waals surface area contributed by atoms with Gasteiger partial charge in [-0.1, -0.05) is 17.4 Å². The van der Waals surface area contributed by atoms with E-state index in [0.717, 1.165) is 16.2 Å². The average Bonchev–Trinajstić information content (AvgIpc) is 2.97. The minimum Gasteiger partial charge on any atom is -0.449 e. The fourth-order valence-electron chi connectivity index (χ4n) is 1.75. The first kappa shape index (κ1) is 12.8. The quantitative estimate of drug-likeness (QED) is 0.726. The maximum absolute atomic E-state index is 11.9. The number of nitrogens with one attached hydrogen (secondary N) is 1. The molecule has 0 aliphatic rings. The number of aromatic amines is 1. The molecule has 2 N–H and O–H groups in total. The first-order valence-electron chi connectivity index (χ1n) is 5.58. The molecule has 0 bridgehead atoms. The third-order valence-electron chi connectivity index (χ3n) is 2.54. The Kier molecular flexibility index (Phi) is 3.25. The lowest BCUT2D eigenvalue weighted by atomic mass is 10.3. The number of thiophene rings is 2. The fraction of sp³-hybridized carbons (Fsp3) is 0.0833.